The summed E-state index contributed by atoms with van der Waals surface area (Å²) in [5, 5.41) is 8.06. The summed E-state index contributed by atoms with van der Waals surface area (Å²) in [5.41, 5.74) is 3.96. The molecular weight excluding hydrogens is 350 g/mol. The molecule has 0 unspecified atom stereocenters. The predicted molar refractivity (Wildman–Crippen MR) is 116 cm³/mol. The van der Waals surface area contributed by atoms with E-state index in [1.165, 1.54) is 22.0 Å². The van der Waals surface area contributed by atoms with Gasteiger partial charge in [-0.15, -0.1) is 0 Å². The van der Waals surface area contributed by atoms with E-state index in [1.807, 2.05) is 4.90 Å². The SMILES string of the molecule is CCNC(=NCCCN1CCCC1=O)NCCc1c[nH]c2c(CC)cccc12. The molecule has 6 nitrogen and oxygen atoms in total. The third-order valence-electron chi connectivity index (χ3n) is 5.33. The minimum absolute atomic E-state index is 0.291. The van der Waals surface area contributed by atoms with E-state index in [1.54, 1.807) is 0 Å². The van der Waals surface area contributed by atoms with Crippen LogP contribution in [0.4, 0.5) is 0 Å². The Labute approximate surface area is 167 Å². The fourth-order valence-corrected chi connectivity index (χ4v) is 3.83. The third-order valence-corrected chi connectivity index (χ3v) is 5.33. The molecule has 3 N–H and O–H groups in total. The summed E-state index contributed by atoms with van der Waals surface area (Å²) < 4.78 is 0. The Morgan fingerprint density at radius 3 is 2.89 bits per heavy atom. The van der Waals surface area contributed by atoms with E-state index in [0.717, 1.165) is 64.4 Å². The van der Waals surface area contributed by atoms with Gasteiger partial charge >= 0.3 is 0 Å². The molecule has 3 rings (SSSR count). The van der Waals surface area contributed by atoms with Crippen LogP contribution >= 0.6 is 0 Å². The summed E-state index contributed by atoms with van der Waals surface area (Å²) in [4.78, 5) is 21.7. The number of nitrogens with one attached hydrogen (secondary N) is 3. The van der Waals surface area contributed by atoms with Gasteiger partial charge in [-0.3, -0.25) is 9.79 Å². The van der Waals surface area contributed by atoms with Crippen molar-refractivity contribution in [1.29, 1.82) is 0 Å². The molecule has 152 valence electrons. The number of aliphatic imine (C=N–C) groups is 1. The minimum atomic E-state index is 0.291. The zero-order chi connectivity index (χ0) is 19.8. The van der Waals surface area contributed by atoms with E-state index in [4.69, 9.17) is 0 Å². The largest absolute Gasteiger partial charge is 0.361 e. The average Bonchev–Trinajstić information content (AvgIpc) is 3.31. The lowest BCUT2D eigenvalue weighted by Gasteiger charge is -2.15. The molecular formula is C22H33N5O. The number of hydrogen-bond acceptors (Lipinski definition) is 2. The topological polar surface area (TPSA) is 72.5 Å². The number of guanidine groups is 1. The molecule has 0 saturated carbocycles. The number of fused-ring (bicyclic) bond motifs is 1. The molecule has 1 aliphatic rings. The molecule has 2 heterocycles. The van der Waals surface area contributed by atoms with Crippen molar-refractivity contribution in [2.45, 2.75) is 46.0 Å². The molecule has 28 heavy (non-hydrogen) atoms. The molecule has 6 heteroatoms. The number of carbonyl (C=O) groups excluding carboxylic acids is 1. The summed E-state index contributed by atoms with van der Waals surface area (Å²) in [6.07, 6.45) is 6.73. The highest BCUT2D eigenvalue weighted by atomic mass is 16.2. The zero-order valence-electron chi connectivity index (χ0n) is 17.2. The summed E-state index contributed by atoms with van der Waals surface area (Å²) in [7, 11) is 0. The van der Waals surface area contributed by atoms with Crippen LogP contribution in [0.15, 0.2) is 29.4 Å². The fraction of sp³-hybridized carbons (Fsp3) is 0.545. The van der Waals surface area contributed by atoms with Gasteiger partial charge < -0.3 is 20.5 Å². The monoisotopic (exact) mass is 383 g/mol. The second-order valence-electron chi connectivity index (χ2n) is 7.28. The van der Waals surface area contributed by atoms with E-state index in [0.29, 0.717) is 12.3 Å². The number of likely N-dealkylation sites (tertiary alicyclic amines) is 1. The van der Waals surface area contributed by atoms with Gasteiger partial charge in [-0.2, -0.15) is 0 Å². The van der Waals surface area contributed by atoms with Gasteiger partial charge in [0.1, 0.15) is 0 Å². The van der Waals surface area contributed by atoms with Crippen molar-refractivity contribution in [3.05, 3.63) is 35.5 Å². The Morgan fingerprint density at radius 1 is 1.25 bits per heavy atom. The van der Waals surface area contributed by atoms with Crippen LogP contribution in [-0.4, -0.2) is 54.5 Å². The summed E-state index contributed by atoms with van der Waals surface area (Å²) in [5.74, 6) is 1.14. The molecule has 1 aromatic heterocycles. The number of H-pyrrole nitrogens is 1. The van der Waals surface area contributed by atoms with Crippen molar-refractivity contribution in [2.24, 2.45) is 4.99 Å². The first-order valence-corrected chi connectivity index (χ1v) is 10.6. The molecule has 1 fully saturated rings. The highest BCUT2D eigenvalue weighted by molar-refractivity contribution is 5.86. The van der Waals surface area contributed by atoms with Gasteiger partial charge in [-0.05, 0) is 43.7 Å². The molecule has 1 amide bonds. The summed E-state index contributed by atoms with van der Waals surface area (Å²) in [6.45, 7) is 8.39. The molecule has 0 bridgehead atoms. The maximum Gasteiger partial charge on any atom is 0.222 e. The first-order valence-electron chi connectivity index (χ1n) is 10.6. The normalized spacial score (nSPS) is 14.9. The van der Waals surface area contributed by atoms with Gasteiger partial charge in [-0.25, -0.2) is 0 Å². The minimum Gasteiger partial charge on any atom is -0.361 e. The lowest BCUT2D eigenvalue weighted by molar-refractivity contribution is -0.127. The van der Waals surface area contributed by atoms with E-state index in [9.17, 15) is 4.79 Å². The first kappa shape index (κ1) is 20.2. The number of para-hydroxylation sites is 1. The van der Waals surface area contributed by atoms with Gasteiger partial charge in [-0.1, -0.05) is 25.1 Å². The molecule has 1 aromatic carbocycles. The van der Waals surface area contributed by atoms with Crippen molar-refractivity contribution in [3.8, 4) is 0 Å². The quantitative estimate of drug-likeness (QED) is 0.354. The third kappa shape index (κ3) is 5.06. The molecule has 2 aromatic rings. The summed E-state index contributed by atoms with van der Waals surface area (Å²) >= 11 is 0. The Balaban J connectivity index is 1.48. The average molecular weight is 384 g/mol. The Hall–Kier alpha value is -2.50. The zero-order valence-corrected chi connectivity index (χ0v) is 17.2. The van der Waals surface area contributed by atoms with E-state index in [-0.39, 0.29) is 0 Å². The number of nitrogens with zero attached hydrogens (tertiary/aromatic N) is 2. The Kier molecular flexibility index (Phi) is 7.34. The van der Waals surface area contributed by atoms with Crippen molar-refractivity contribution >= 4 is 22.8 Å². The van der Waals surface area contributed by atoms with Crippen molar-refractivity contribution in [1.82, 2.24) is 20.5 Å². The van der Waals surface area contributed by atoms with Gasteiger partial charge in [0.15, 0.2) is 5.96 Å². The fourth-order valence-electron chi connectivity index (χ4n) is 3.83. The molecule has 1 saturated heterocycles. The number of aromatic nitrogens is 1. The van der Waals surface area contributed by atoms with Crippen molar-refractivity contribution in [3.63, 3.8) is 0 Å². The van der Waals surface area contributed by atoms with Crippen LogP contribution in [0.5, 0.6) is 0 Å². The first-order chi connectivity index (χ1) is 13.7. The highest BCUT2D eigenvalue weighted by Gasteiger charge is 2.18. The summed E-state index contributed by atoms with van der Waals surface area (Å²) in [6, 6.07) is 6.52. The Morgan fingerprint density at radius 2 is 2.14 bits per heavy atom. The standard InChI is InChI=1S/C22H33N5O/c1-3-17-8-5-9-19-18(16-26-21(17)19)11-13-25-22(23-4-2)24-12-7-15-27-14-6-10-20(27)28/h5,8-9,16,26H,3-4,6-7,10-15H2,1-2H3,(H2,23,24,25). The molecule has 0 radical (unpaired) electrons. The highest BCUT2D eigenvalue weighted by Crippen LogP contribution is 2.22. The lowest BCUT2D eigenvalue weighted by atomic mass is 10.1. The molecule has 0 atom stereocenters. The van der Waals surface area contributed by atoms with Crippen LogP contribution in [0.25, 0.3) is 10.9 Å². The number of carbonyl (C=O) groups is 1. The van der Waals surface area contributed by atoms with Gasteiger partial charge in [0.05, 0.1) is 0 Å². The number of benzene rings is 1. The predicted octanol–water partition coefficient (Wildman–Crippen LogP) is 2.84. The van der Waals surface area contributed by atoms with Gasteiger partial charge in [0, 0.05) is 56.2 Å². The molecule has 0 spiro atoms. The second-order valence-corrected chi connectivity index (χ2v) is 7.28. The second kappa shape index (κ2) is 10.2. The molecule has 0 aliphatic carbocycles. The maximum atomic E-state index is 11.7. The van der Waals surface area contributed by atoms with E-state index >= 15 is 0 Å². The van der Waals surface area contributed by atoms with Crippen molar-refractivity contribution in [2.75, 3.05) is 32.7 Å². The van der Waals surface area contributed by atoms with E-state index < -0.39 is 0 Å². The van der Waals surface area contributed by atoms with Gasteiger partial charge in [0.2, 0.25) is 5.91 Å². The lowest BCUT2D eigenvalue weighted by Crippen LogP contribution is -2.38. The van der Waals surface area contributed by atoms with Crippen LogP contribution in [0, 0.1) is 0 Å². The number of hydrogen-bond donors (Lipinski definition) is 3. The van der Waals surface area contributed by atoms with Crippen LogP contribution in [0.3, 0.4) is 0 Å². The number of amides is 1. The van der Waals surface area contributed by atoms with Crippen LogP contribution in [-0.2, 0) is 17.6 Å². The Bertz CT molecular complexity index is 810. The van der Waals surface area contributed by atoms with E-state index in [2.05, 4.69) is 58.9 Å². The number of aromatic amines is 1. The van der Waals surface area contributed by atoms with Crippen LogP contribution in [0.1, 0.15) is 44.2 Å². The van der Waals surface area contributed by atoms with Crippen LogP contribution in [0.2, 0.25) is 0 Å². The molecule has 1 aliphatic heterocycles. The maximum absolute atomic E-state index is 11.7. The van der Waals surface area contributed by atoms with Crippen molar-refractivity contribution < 1.29 is 4.79 Å². The van der Waals surface area contributed by atoms with Gasteiger partial charge in [0.25, 0.3) is 0 Å². The number of rotatable bonds is 9. The smallest absolute Gasteiger partial charge is 0.222 e. The number of aryl methyl sites for hydroxylation is 1. The van der Waals surface area contributed by atoms with Crippen LogP contribution < -0.4 is 10.6 Å².